The normalized spacial score (nSPS) is 23.0. The van der Waals surface area contributed by atoms with Crippen molar-refractivity contribution in [2.75, 3.05) is 13.1 Å². The fourth-order valence-corrected chi connectivity index (χ4v) is 4.88. The summed E-state index contributed by atoms with van der Waals surface area (Å²) in [5.41, 5.74) is 3.03. The van der Waals surface area contributed by atoms with Gasteiger partial charge < -0.3 is 9.47 Å². The van der Waals surface area contributed by atoms with E-state index in [1.165, 1.54) is 24.7 Å². The molecule has 2 aliphatic rings. The average Bonchev–Trinajstić information content (AvgIpc) is 3.01. The Balaban J connectivity index is 1.28. The molecule has 3 aromatic rings. The largest absolute Gasteiger partial charge is 0.473 e. The summed E-state index contributed by atoms with van der Waals surface area (Å²) < 4.78 is 12.5. The van der Waals surface area contributed by atoms with E-state index in [1.54, 1.807) is 6.20 Å². The first-order chi connectivity index (χ1) is 15.2. The molecule has 2 bridgehead atoms. The topological polar surface area (TPSA) is 60.4 Å². The number of piperidine rings is 1. The lowest BCUT2D eigenvalue weighted by atomic mass is 9.94. The molecule has 5 rings (SSSR count). The minimum atomic E-state index is 0.202. The third-order valence-electron chi connectivity index (χ3n) is 6.48. The fraction of sp³-hybridized carbons (Fsp3) is 0.400. The maximum Gasteiger partial charge on any atom is 0.229 e. The van der Waals surface area contributed by atoms with Gasteiger partial charge in [0, 0.05) is 37.7 Å². The summed E-state index contributed by atoms with van der Waals surface area (Å²) in [5.74, 6) is 2.91. The highest BCUT2D eigenvalue weighted by Gasteiger charge is 2.44. The number of aryl methyl sites for hydroxylation is 1. The van der Waals surface area contributed by atoms with Gasteiger partial charge in [-0.3, -0.25) is 9.88 Å². The van der Waals surface area contributed by atoms with Crippen LogP contribution in [-0.4, -0.2) is 39.0 Å². The number of fused-ring (bicyclic) bond motifs is 2. The maximum atomic E-state index is 6.51. The van der Waals surface area contributed by atoms with Gasteiger partial charge in [-0.05, 0) is 44.4 Å². The van der Waals surface area contributed by atoms with Crippen molar-refractivity contribution in [3.8, 4) is 17.5 Å². The number of likely N-dealkylation sites (tertiary alicyclic amines) is 1. The molecule has 1 aliphatic carbocycles. The molecule has 6 nitrogen and oxygen atoms in total. The Labute approximate surface area is 183 Å². The molecular formula is C25H28N4O2. The Kier molecular flexibility index (Phi) is 5.55. The number of aromatic nitrogens is 3. The molecule has 6 heteroatoms. The van der Waals surface area contributed by atoms with Crippen molar-refractivity contribution in [1.29, 1.82) is 0 Å². The number of pyridine rings is 1. The van der Waals surface area contributed by atoms with Crippen molar-refractivity contribution in [3.05, 3.63) is 71.8 Å². The number of benzene rings is 1. The molecule has 160 valence electrons. The third-order valence-corrected chi connectivity index (χ3v) is 6.48. The Morgan fingerprint density at radius 1 is 0.903 bits per heavy atom. The van der Waals surface area contributed by atoms with E-state index in [4.69, 9.17) is 9.47 Å². The maximum absolute atomic E-state index is 6.51. The monoisotopic (exact) mass is 416 g/mol. The standard InChI is InChI=1S/C25H28N4O2/c1-17-24(30-22-9-6-12-26-18(22)2)27-16-28-25(17)31-23-20-10-11-21(23)15-29(14-20)13-19-7-4-3-5-8-19/h3-9,12,16,20-21,23H,10-11,13-15H2,1-2H3. The molecule has 3 heterocycles. The van der Waals surface area contributed by atoms with Gasteiger partial charge in [0.1, 0.15) is 12.4 Å². The zero-order valence-corrected chi connectivity index (χ0v) is 18.1. The van der Waals surface area contributed by atoms with Gasteiger partial charge in [-0.2, -0.15) is 0 Å². The van der Waals surface area contributed by atoms with Crippen LogP contribution in [0, 0.1) is 25.7 Å². The SMILES string of the molecule is Cc1ncccc1Oc1ncnc(OC2C3CCC2CN(Cc2ccccc2)C3)c1C. The summed E-state index contributed by atoms with van der Waals surface area (Å²) in [6, 6.07) is 14.5. The van der Waals surface area contributed by atoms with Crippen LogP contribution in [0.5, 0.6) is 17.5 Å². The van der Waals surface area contributed by atoms with E-state index in [-0.39, 0.29) is 6.10 Å². The number of ether oxygens (including phenoxy) is 2. The van der Waals surface area contributed by atoms with Gasteiger partial charge in [0.05, 0.1) is 11.3 Å². The van der Waals surface area contributed by atoms with Crippen LogP contribution in [0.4, 0.5) is 0 Å². The lowest BCUT2D eigenvalue weighted by Crippen LogP contribution is -2.46. The Morgan fingerprint density at radius 2 is 1.65 bits per heavy atom. The number of hydrogen-bond acceptors (Lipinski definition) is 6. The van der Waals surface area contributed by atoms with Gasteiger partial charge in [0.15, 0.2) is 5.75 Å². The molecule has 1 saturated heterocycles. The summed E-state index contributed by atoms with van der Waals surface area (Å²) >= 11 is 0. The Hall–Kier alpha value is -2.99. The number of hydrogen-bond donors (Lipinski definition) is 0. The lowest BCUT2D eigenvalue weighted by Gasteiger charge is -2.38. The highest BCUT2D eigenvalue weighted by atomic mass is 16.5. The van der Waals surface area contributed by atoms with E-state index < -0.39 is 0 Å². The van der Waals surface area contributed by atoms with E-state index in [0.29, 0.717) is 29.3 Å². The molecule has 0 spiro atoms. The van der Waals surface area contributed by atoms with Gasteiger partial charge in [0.2, 0.25) is 11.8 Å². The molecule has 0 radical (unpaired) electrons. The first-order valence-corrected chi connectivity index (χ1v) is 11.0. The summed E-state index contributed by atoms with van der Waals surface area (Å²) in [7, 11) is 0. The molecule has 0 N–H and O–H groups in total. The zero-order valence-electron chi connectivity index (χ0n) is 18.1. The quantitative estimate of drug-likeness (QED) is 0.587. The first-order valence-electron chi connectivity index (χ1n) is 11.0. The van der Waals surface area contributed by atoms with E-state index in [9.17, 15) is 0 Å². The predicted octanol–water partition coefficient (Wildman–Crippen LogP) is 4.57. The Bertz CT molecular complexity index is 1030. The van der Waals surface area contributed by atoms with Crippen molar-refractivity contribution >= 4 is 0 Å². The van der Waals surface area contributed by atoms with Crippen LogP contribution >= 0.6 is 0 Å². The molecule has 2 unspecified atom stereocenters. The molecule has 2 fully saturated rings. The van der Waals surface area contributed by atoms with Crippen LogP contribution in [0.3, 0.4) is 0 Å². The van der Waals surface area contributed by atoms with Crippen LogP contribution in [-0.2, 0) is 6.54 Å². The van der Waals surface area contributed by atoms with E-state index >= 15 is 0 Å². The summed E-state index contributed by atoms with van der Waals surface area (Å²) in [4.78, 5) is 15.6. The first kappa shape index (κ1) is 19.9. The predicted molar refractivity (Wildman–Crippen MR) is 118 cm³/mol. The van der Waals surface area contributed by atoms with Gasteiger partial charge in [-0.15, -0.1) is 0 Å². The molecule has 1 saturated carbocycles. The van der Waals surface area contributed by atoms with Gasteiger partial charge in [-0.25, -0.2) is 9.97 Å². The summed E-state index contributed by atoms with van der Waals surface area (Å²) in [5, 5.41) is 0. The van der Waals surface area contributed by atoms with Crippen molar-refractivity contribution in [2.24, 2.45) is 11.8 Å². The van der Waals surface area contributed by atoms with Gasteiger partial charge in [0.25, 0.3) is 0 Å². The third kappa shape index (κ3) is 4.26. The second kappa shape index (κ2) is 8.63. The minimum Gasteiger partial charge on any atom is -0.473 e. The Morgan fingerprint density at radius 3 is 2.39 bits per heavy atom. The van der Waals surface area contributed by atoms with Crippen molar-refractivity contribution in [2.45, 2.75) is 39.3 Å². The van der Waals surface area contributed by atoms with Crippen molar-refractivity contribution in [1.82, 2.24) is 19.9 Å². The lowest BCUT2D eigenvalue weighted by molar-refractivity contribution is 0.0274. The van der Waals surface area contributed by atoms with Crippen molar-refractivity contribution < 1.29 is 9.47 Å². The highest BCUT2D eigenvalue weighted by molar-refractivity contribution is 5.37. The van der Waals surface area contributed by atoms with E-state index in [0.717, 1.165) is 30.9 Å². The van der Waals surface area contributed by atoms with E-state index in [2.05, 4.69) is 50.2 Å². The molecule has 1 aromatic carbocycles. The molecular weight excluding hydrogens is 388 g/mol. The van der Waals surface area contributed by atoms with E-state index in [1.807, 2.05) is 26.0 Å². The second-order valence-corrected chi connectivity index (χ2v) is 8.66. The van der Waals surface area contributed by atoms with Gasteiger partial charge >= 0.3 is 0 Å². The highest BCUT2D eigenvalue weighted by Crippen LogP contribution is 2.40. The van der Waals surface area contributed by atoms with Crippen LogP contribution in [0.15, 0.2) is 55.0 Å². The van der Waals surface area contributed by atoms with Crippen LogP contribution in [0.2, 0.25) is 0 Å². The number of rotatable bonds is 6. The van der Waals surface area contributed by atoms with Crippen LogP contribution in [0.1, 0.15) is 29.7 Å². The zero-order chi connectivity index (χ0) is 21.2. The summed E-state index contributed by atoms with van der Waals surface area (Å²) in [6.07, 6.45) is 5.90. The molecule has 2 aromatic heterocycles. The number of nitrogens with zero attached hydrogens (tertiary/aromatic N) is 4. The van der Waals surface area contributed by atoms with Crippen LogP contribution in [0.25, 0.3) is 0 Å². The second-order valence-electron chi connectivity index (χ2n) is 8.66. The van der Waals surface area contributed by atoms with Gasteiger partial charge in [-0.1, -0.05) is 30.3 Å². The summed E-state index contributed by atoms with van der Waals surface area (Å²) in [6.45, 7) is 7.03. The fourth-order valence-electron chi connectivity index (χ4n) is 4.88. The minimum absolute atomic E-state index is 0.202. The molecule has 31 heavy (non-hydrogen) atoms. The van der Waals surface area contributed by atoms with Crippen LogP contribution < -0.4 is 9.47 Å². The average molecular weight is 417 g/mol. The van der Waals surface area contributed by atoms with Crippen molar-refractivity contribution in [3.63, 3.8) is 0 Å². The molecule has 0 amide bonds. The molecule has 2 atom stereocenters. The molecule has 1 aliphatic heterocycles. The smallest absolute Gasteiger partial charge is 0.229 e.